The molecule has 1 aliphatic carbocycles. The fourth-order valence-corrected chi connectivity index (χ4v) is 3.87. The number of amides is 1. The first-order valence-electron chi connectivity index (χ1n) is 6.86. The number of anilines is 1. The predicted molar refractivity (Wildman–Crippen MR) is 89.9 cm³/mol. The maximum Gasteiger partial charge on any atom is 0.267 e. The quantitative estimate of drug-likeness (QED) is 0.777. The fraction of sp³-hybridized carbons (Fsp3) is 0.333. The van der Waals surface area contributed by atoms with Crippen molar-refractivity contribution in [3.8, 4) is 0 Å². The molecule has 1 saturated carbocycles. The molecule has 0 spiro atoms. The maximum absolute atomic E-state index is 12.3. The largest absolute Gasteiger partial charge is 0.320 e. The first-order valence-corrected chi connectivity index (χ1v) is 9.05. The third-order valence-electron chi connectivity index (χ3n) is 3.16. The van der Waals surface area contributed by atoms with Crippen LogP contribution in [0.4, 0.5) is 5.69 Å². The summed E-state index contributed by atoms with van der Waals surface area (Å²) in [5.41, 5.74) is 0.765. The molecule has 1 aromatic heterocycles. The summed E-state index contributed by atoms with van der Waals surface area (Å²) in [7, 11) is 0. The second-order valence-corrected chi connectivity index (χ2v) is 7.67. The fourth-order valence-electron chi connectivity index (χ4n) is 1.98. The maximum atomic E-state index is 12.3. The molecule has 21 heavy (non-hydrogen) atoms. The van der Waals surface area contributed by atoms with Crippen molar-refractivity contribution < 1.29 is 4.79 Å². The summed E-state index contributed by atoms with van der Waals surface area (Å²) in [4.78, 5) is 18.4. The monoisotopic (exact) mass is 338 g/mol. The molecule has 0 radical (unpaired) electrons. The Morgan fingerprint density at radius 2 is 2.33 bits per heavy atom. The van der Waals surface area contributed by atoms with Gasteiger partial charge in [0.2, 0.25) is 0 Å². The van der Waals surface area contributed by atoms with Crippen LogP contribution in [0.15, 0.2) is 29.3 Å². The van der Waals surface area contributed by atoms with E-state index in [2.05, 4.69) is 17.2 Å². The van der Waals surface area contributed by atoms with Gasteiger partial charge < -0.3 is 5.32 Å². The van der Waals surface area contributed by atoms with Crippen molar-refractivity contribution in [3.05, 3.63) is 39.3 Å². The molecule has 1 fully saturated rings. The Morgan fingerprint density at radius 3 is 3.05 bits per heavy atom. The van der Waals surface area contributed by atoms with Crippen LogP contribution in [0.25, 0.3) is 0 Å². The number of thiazole rings is 1. The van der Waals surface area contributed by atoms with E-state index in [1.54, 1.807) is 24.0 Å². The van der Waals surface area contributed by atoms with Gasteiger partial charge >= 0.3 is 0 Å². The molecule has 110 valence electrons. The lowest BCUT2D eigenvalue weighted by Gasteiger charge is -2.09. The number of aromatic nitrogens is 1. The van der Waals surface area contributed by atoms with Gasteiger partial charge in [0.15, 0.2) is 0 Å². The first kappa shape index (κ1) is 14.9. The Hall–Kier alpha value is -1.04. The average molecular weight is 339 g/mol. The lowest BCUT2D eigenvalue weighted by molar-refractivity contribution is 0.103. The molecular formula is C15H15ClN2OS2. The molecule has 6 heteroatoms. The summed E-state index contributed by atoms with van der Waals surface area (Å²) >= 11 is 9.20. The van der Waals surface area contributed by atoms with Gasteiger partial charge in [0.25, 0.3) is 5.91 Å². The van der Waals surface area contributed by atoms with Gasteiger partial charge in [-0.3, -0.25) is 4.79 Å². The van der Waals surface area contributed by atoms with Gasteiger partial charge in [-0.05, 0) is 36.8 Å². The van der Waals surface area contributed by atoms with E-state index in [0.717, 1.165) is 21.3 Å². The highest BCUT2D eigenvalue weighted by atomic mass is 35.5. The molecule has 1 aromatic carbocycles. The van der Waals surface area contributed by atoms with E-state index in [1.807, 2.05) is 12.1 Å². The smallest absolute Gasteiger partial charge is 0.267 e. The zero-order valence-corrected chi connectivity index (χ0v) is 13.9. The van der Waals surface area contributed by atoms with Gasteiger partial charge in [0.05, 0.1) is 16.9 Å². The second kappa shape index (κ2) is 6.38. The van der Waals surface area contributed by atoms with E-state index >= 15 is 0 Å². The molecule has 1 heterocycles. The van der Waals surface area contributed by atoms with Gasteiger partial charge in [-0.2, -0.15) is 0 Å². The number of carbonyl (C=O) groups excluding carboxylic acids is 1. The molecule has 0 aliphatic heterocycles. The molecule has 0 saturated heterocycles. The van der Waals surface area contributed by atoms with Crippen molar-refractivity contribution in [2.45, 2.75) is 30.6 Å². The Labute approximate surface area is 137 Å². The number of halogens is 1. The van der Waals surface area contributed by atoms with Crippen molar-refractivity contribution in [2.24, 2.45) is 0 Å². The number of thioether (sulfide) groups is 1. The van der Waals surface area contributed by atoms with Crippen LogP contribution in [-0.4, -0.2) is 16.6 Å². The Balaban J connectivity index is 1.78. The predicted octanol–water partition coefficient (Wildman–Crippen LogP) is 5.04. The van der Waals surface area contributed by atoms with Crippen LogP contribution in [-0.2, 0) is 0 Å². The number of nitrogens with zero attached hydrogens (tertiary/aromatic N) is 1. The first-order chi connectivity index (χ1) is 10.2. The Kier molecular flexibility index (Phi) is 4.52. The molecule has 0 atom stereocenters. The van der Waals surface area contributed by atoms with Crippen molar-refractivity contribution in [1.82, 2.24) is 4.98 Å². The van der Waals surface area contributed by atoms with Crippen molar-refractivity contribution in [2.75, 3.05) is 11.1 Å². The molecule has 1 N–H and O–H groups in total. The van der Waals surface area contributed by atoms with Crippen LogP contribution < -0.4 is 5.32 Å². The van der Waals surface area contributed by atoms with Gasteiger partial charge in [-0.25, -0.2) is 4.98 Å². The molecule has 1 amide bonds. The Bertz CT molecular complexity index is 667. The molecule has 1 aliphatic rings. The third kappa shape index (κ3) is 3.59. The van der Waals surface area contributed by atoms with Crippen molar-refractivity contribution in [3.63, 3.8) is 0 Å². The summed E-state index contributed by atoms with van der Waals surface area (Å²) < 4.78 is 0. The third-order valence-corrected chi connectivity index (χ3v) is 5.51. The number of benzene rings is 1. The van der Waals surface area contributed by atoms with E-state index in [1.165, 1.54) is 24.2 Å². The summed E-state index contributed by atoms with van der Waals surface area (Å²) in [6.07, 6.45) is 4.06. The van der Waals surface area contributed by atoms with Crippen LogP contribution in [0.3, 0.4) is 0 Å². The zero-order valence-electron chi connectivity index (χ0n) is 11.6. The number of nitrogens with one attached hydrogen (secondary N) is 1. The minimum atomic E-state index is -0.111. The molecule has 0 bridgehead atoms. The van der Waals surface area contributed by atoms with E-state index in [4.69, 9.17) is 11.6 Å². The van der Waals surface area contributed by atoms with Crippen molar-refractivity contribution >= 4 is 46.3 Å². The highest BCUT2D eigenvalue weighted by Gasteiger charge is 2.27. The van der Waals surface area contributed by atoms with Crippen molar-refractivity contribution in [1.29, 1.82) is 0 Å². The van der Waals surface area contributed by atoms with Crippen LogP contribution >= 0.6 is 34.7 Å². The SMILES string of the molecule is CCSc1ccc(Cl)cc1NC(=O)c1cnc(C2CC2)s1. The number of hydrogen-bond donors (Lipinski definition) is 1. The van der Waals surface area contributed by atoms with Crippen LogP contribution in [0.1, 0.15) is 40.4 Å². The lowest BCUT2D eigenvalue weighted by atomic mass is 10.3. The number of carbonyl (C=O) groups is 1. The second-order valence-electron chi connectivity index (χ2n) is 4.86. The van der Waals surface area contributed by atoms with E-state index in [9.17, 15) is 4.79 Å². The molecule has 2 aromatic rings. The van der Waals surface area contributed by atoms with Crippen LogP contribution in [0, 0.1) is 0 Å². The Morgan fingerprint density at radius 1 is 1.52 bits per heavy atom. The van der Waals surface area contributed by atoms with Gasteiger partial charge in [0, 0.05) is 15.8 Å². The van der Waals surface area contributed by atoms with Gasteiger partial charge in [-0.15, -0.1) is 23.1 Å². The molecule has 0 unspecified atom stereocenters. The standard InChI is InChI=1S/C15H15ClN2OS2/c1-2-20-12-6-5-10(16)7-11(12)18-14(19)13-8-17-15(21-13)9-3-4-9/h5-9H,2-4H2,1H3,(H,18,19). The average Bonchev–Trinajstić information content (AvgIpc) is 3.19. The summed E-state index contributed by atoms with van der Waals surface area (Å²) in [6.45, 7) is 2.08. The lowest BCUT2D eigenvalue weighted by Crippen LogP contribution is -2.11. The summed E-state index contributed by atoms with van der Waals surface area (Å²) in [5, 5.41) is 4.65. The highest BCUT2D eigenvalue weighted by Crippen LogP contribution is 2.41. The zero-order chi connectivity index (χ0) is 14.8. The number of rotatable bonds is 5. The topological polar surface area (TPSA) is 42.0 Å². The van der Waals surface area contributed by atoms with Crippen LogP contribution in [0.5, 0.6) is 0 Å². The minimum absolute atomic E-state index is 0.111. The van der Waals surface area contributed by atoms with E-state index < -0.39 is 0 Å². The number of hydrogen-bond acceptors (Lipinski definition) is 4. The van der Waals surface area contributed by atoms with Gasteiger partial charge in [-0.1, -0.05) is 18.5 Å². The van der Waals surface area contributed by atoms with Gasteiger partial charge in [0.1, 0.15) is 4.88 Å². The molecule has 3 nitrogen and oxygen atoms in total. The molecule has 3 rings (SSSR count). The normalized spacial score (nSPS) is 14.2. The molecular weight excluding hydrogens is 324 g/mol. The summed E-state index contributed by atoms with van der Waals surface area (Å²) in [5.74, 6) is 1.41. The minimum Gasteiger partial charge on any atom is -0.320 e. The highest BCUT2D eigenvalue weighted by molar-refractivity contribution is 7.99. The van der Waals surface area contributed by atoms with E-state index in [0.29, 0.717) is 15.8 Å². The summed E-state index contributed by atoms with van der Waals surface area (Å²) in [6, 6.07) is 5.57. The van der Waals surface area contributed by atoms with Crippen LogP contribution in [0.2, 0.25) is 5.02 Å². The van der Waals surface area contributed by atoms with E-state index in [-0.39, 0.29) is 5.91 Å².